The third kappa shape index (κ3) is 7.70. The summed E-state index contributed by atoms with van der Waals surface area (Å²) in [6.45, 7) is 8.80. The maximum atomic E-state index is 12.1. The third-order valence-corrected chi connectivity index (χ3v) is 6.86. The Morgan fingerprint density at radius 1 is 1.18 bits per heavy atom. The molecule has 1 aromatic carbocycles. The Kier molecular flexibility index (Phi) is 9.12. The standard InChI is InChI=1S/C29H40ClN5O4/c1-29(2,3)39-28(36)31-20-8-12-34(13-9-20)21-10-14-35-19-24(32-27(35)16-21)22-17-23(30)26(37-6)18-25(22)38-15-7-11-33(4)5/h10,14,16-20H,7-9,11-13,15H2,1-6H3,(H,31,36). The van der Waals surface area contributed by atoms with Gasteiger partial charge in [-0.05, 0) is 66.3 Å². The van der Waals surface area contributed by atoms with E-state index in [-0.39, 0.29) is 12.1 Å². The van der Waals surface area contributed by atoms with Crippen LogP contribution >= 0.6 is 11.6 Å². The number of hydrogen-bond acceptors (Lipinski definition) is 7. The van der Waals surface area contributed by atoms with Gasteiger partial charge in [-0.1, -0.05) is 11.6 Å². The number of anilines is 1. The summed E-state index contributed by atoms with van der Waals surface area (Å²) in [5.74, 6) is 1.26. The molecule has 0 atom stereocenters. The minimum Gasteiger partial charge on any atom is -0.495 e. The van der Waals surface area contributed by atoms with Gasteiger partial charge >= 0.3 is 6.09 Å². The molecular formula is C29H40ClN5O4. The van der Waals surface area contributed by atoms with Gasteiger partial charge in [-0.3, -0.25) is 0 Å². The van der Waals surface area contributed by atoms with Crippen LogP contribution < -0.4 is 19.7 Å². The van der Waals surface area contributed by atoms with Crippen LogP contribution in [0.3, 0.4) is 0 Å². The average Bonchev–Trinajstić information content (AvgIpc) is 3.29. The number of aromatic nitrogens is 2. The molecule has 0 spiro atoms. The zero-order valence-corrected chi connectivity index (χ0v) is 24.5. The summed E-state index contributed by atoms with van der Waals surface area (Å²) in [6.07, 6.45) is 6.25. The van der Waals surface area contributed by atoms with Crippen molar-refractivity contribution in [3.63, 3.8) is 0 Å². The molecule has 0 aliphatic carbocycles. The number of nitrogens with zero attached hydrogens (tertiary/aromatic N) is 4. The van der Waals surface area contributed by atoms with E-state index in [4.69, 9.17) is 30.8 Å². The second-order valence-corrected chi connectivity index (χ2v) is 11.6. The van der Waals surface area contributed by atoms with E-state index in [1.807, 2.05) is 63.8 Å². The topological polar surface area (TPSA) is 80.6 Å². The molecule has 10 heteroatoms. The Morgan fingerprint density at radius 2 is 1.92 bits per heavy atom. The molecule has 0 bridgehead atoms. The lowest BCUT2D eigenvalue weighted by Gasteiger charge is -2.34. The van der Waals surface area contributed by atoms with E-state index in [0.717, 1.165) is 61.5 Å². The number of halogens is 1. The fourth-order valence-electron chi connectivity index (χ4n) is 4.63. The minimum atomic E-state index is -0.501. The van der Waals surface area contributed by atoms with Gasteiger partial charge in [0.2, 0.25) is 0 Å². The smallest absolute Gasteiger partial charge is 0.407 e. The molecule has 1 aliphatic rings. The Morgan fingerprint density at radius 3 is 2.59 bits per heavy atom. The first kappa shape index (κ1) is 28.8. The number of alkyl carbamates (subject to hydrolysis) is 1. The number of carbonyl (C=O) groups excluding carboxylic acids is 1. The number of nitrogens with one attached hydrogen (secondary N) is 1. The van der Waals surface area contributed by atoms with E-state index in [1.54, 1.807) is 7.11 Å². The molecule has 2 aromatic heterocycles. The van der Waals surface area contributed by atoms with Crippen LogP contribution in [0.2, 0.25) is 5.02 Å². The first-order valence-electron chi connectivity index (χ1n) is 13.4. The highest BCUT2D eigenvalue weighted by atomic mass is 35.5. The fourth-order valence-corrected chi connectivity index (χ4v) is 4.87. The van der Waals surface area contributed by atoms with Gasteiger partial charge in [0.15, 0.2) is 0 Å². The van der Waals surface area contributed by atoms with Gasteiger partial charge in [-0.2, -0.15) is 0 Å². The van der Waals surface area contributed by atoms with Crippen molar-refractivity contribution in [2.45, 2.75) is 51.7 Å². The molecular weight excluding hydrogens is 518 g/mol. The molecule has 39 heavy (non-hydrogen) atoms. The molecule has 212 valence electrons. The monoisotopic (exact) mass is 557 g/mol. The van der Waals surface area contributed by atoms with Gasteiger partial charge in [0.25, 0.3) is 0 Å². The molecule has 3 aromatic rings. The number of benzene rings is 1. The Labute approximate surface area is 236 Å². The first-order valence-corrected chi connectivity index (χ1v) is 13.8. The first-order chi connectivity index (χ1) is 18.5. The van der Waals surface area contributed by atoms with Gasteiger partial charge in [-0.15, -0.1) is 0 Å². The molecule has 0 saturated carbocycles. The molecule has 1 fully saturated rings. The predicted molar refractivity (Wildman–Crippen MR) is 155 cm³/mol. The normalized spacial score (nSPS) is 14.6. The van der Waals surface area contributed by atoms with Crippen molar-refractivity contribution in [2.75, 3.05) is 52.3 Å². The lowest BCUT2D eigenvalue weighted by Crippen LogP contribution is -2.46. The van der Waals surface area contributed by atoms with Crippen LogP contribution in [0.25, 0.3) is 16.9 Å². The molecule has 1 saturated heterocycles. The van der Waals surface area contributed by atoms with Gasteiger partial charge in [-0.25, -0.2) is 9.78 Å². The number of imidazole rings is 1. The quantitative estimate of drug-likeness (QED) is 0.349. The van der Waals surface area contributed by atoms with Crippen molar-refractivity contribution in [1.82, 2.24) is 19.6 Å². The molecule has 1 aliphatic heterocycles. The van der Waals surface area contributed by atoms with Crippen molar-refractivity contribution in [3.8, 4) is 22.8 Å². The van der Waals surface area contributed by atoms with Crippen molar-refractivity contribution < 1.29 is 19.0 Å². The average molecular weight is 558 g/mol. The number of piperidine rings is 1. The Balaban J connectivity index is 1.47. The minimum absolute atomic E-state index is 0.105. The van der Waals surface area contributed by atoms with Gasteiger partial charge in [0.05, 0.1) is 24.4 Å². The second-order valence-electron chi connectivity index (χ2n) is 11.2. The number of methoxy groups -OCH3 is 1. The van der Waals surface area contributed by atoms with Crippen LogP contribution in [-0.4, -0.2) is 79.5 Å². The number of pyridine rings is 1. The second kappa shape index (κ2) is 12.3. The number of ether oxygens (including phenoxy) is 3. The van der Waals surface area contributed by atoms with Gasteiger partial charge < -0.3 is 33.7 Å². The van der Waals surface area contributed by atoms with Crippen molar-refractivity contribution in [3.05, 3.63) is 41.7 Å². The van der Waals surface area contributed by atoms with Crippen LogP contribution in [0, 0.1) is 0 Å². The van der Waals surface area contributed by atoms with E-state index < -0.39 is 5.60 Å². The molecule has 0 unspecified atom stereocenters. The van der Waals surface area contributed by atoms with E-state index >= 15 is 0 Å². The highest BCUT2D eigenvalue weighted by Gasteiger charge is 2.24. The van der Waals surface area contributed by atoms with Crippen LogP contribution in [0.15, 0.2) is 36.7 Å². The van der Waals surface area contributed by atoms with E-state index in [2.05, 4.69) is 27.2 Å². The van der Waals surface area contributed by atoms with E-state index in [1.165, 1.54) is 0 Å². The van der Waals surface area contributed by atoms with Crippen molar-refractivity contribution in [2.24, 2.45) is 0 Å². The summed E-state index contributed by atoms with van der Waals surface area (Å²) in [4.78, 5) is 21.5. The molecule has 4 rings (SSSR count). The molecule has 1 amide bonds. The summed E-state index contributed by atoms with van der Waals surface area (Å²) in [6, 6.07) is 7.98. The summed E-state index contributed by atoms with van der Waals surface area (Å²) in [7, 11) is 5.69. The van der Waals surface area contributed by atoms with Gasteiger partial charge in [0, 0.05) is 61.5 Å². The Bertz CT molecular complexity index is 1280. The largest absolute Gasteiger partial charge is 0.495 e. The number of rotatable bonds is 9. The van der Waals surface area contributed by atoms with Crippen LogP contribution in [0.1, 0.15) is 40.0 Å². The molecule has 1 N–H and O–H groups in total. The summed E-state index contributed by atoms with van der Waals surface area (Å²) < 4.78 is 19.0. The number of fused-ring (bicyclic) bond motifs is 1. The molecule has 9 nitrogen and oxygen atoms in total. The zero-order valence-electron chi connectivity index (χ0n) is 23.8. The maximum Gasteiger partial charge on any atom is 0.407 e. The SMILES string of the molecule is COc1cc(OCCCN(C)C)c(-c2cn3ccc(N4CCC(NC(=O)OC(C)(C)C)CC4)cc3n2)cc1Cl. The summed E-state index contributed by atoms with van der Waals surface area (Å²) in [5, 5.41) is 3.51. The highest BCUT2D eigenvalue weighted by molar-refractivity contribution is 6.32. The van der Waals surface area contributed by atoms with Crippen LogP contribution in [0.4, 0.5) is 10.5 Å². The van der Waals surface area contributed by atoms with Crippen LogP contribution in [0.5, 0.6) is 11.5 Å². The number of hydrogen-bond donors (Lipinski definition) is 1. The lowest BCUT2D eigenvalue weighted by molar-refractivity contribution is 0.0497. The van der Waals surface area contributed by atoms with Crippen molar-refractivity contribution in [1.29, 1.82) is 0 Å². The van der Waals surface area contributed by atoms with Gasteiger partial charge in [0.1, 0.15) is 22.7 Å². The number of amides is 1. The van der Waals surface area contributed by atoms with Crippen molar-refractivity contribution >= 4 is 29.0 Å². The van der Waals surface area contributed by atoms with E-state index in [0.29, 0.717) is 23.1 Å². The highest BCUT2D eigenvalue weighted by Crippen LogP contribution is 2.38. The van der Waals surface area contributed by atoms with E-state index in [9.17, 15) is 4.79 Å². The predicted octanol–water partition coefficient (Wildman–Crippen LogP) is 5.49. The zero-order chi connectivity index (χ0) is 28.2. The maximum absolute atomic E-state index is 12.1. The Hall–Kier alpha value is -3.17. The summed E-state index contributed by atoms with van der Waals surface area (Å²) >= 11 is 6.49. The fraction of sp³-hybridized carbons (Fsp3) is 0.517. The number of carbonyl (C=O) groups is 1. The lowest BCUT2D eigenvalue weighted by atomic mass is 10.0. The molecule has 3 heterocycles. The molecule has 0 radical (unpaired) electrons. The van der Waals surface area contributed by atoms with Crippen LogP contribution in [-0.2, 0) is 4.74 Å². The third-order valence-electron chi connectivity index (χ3n) is 6.56. The summed E-state index contributed by atoms with van der Waals surface area (Å²) in [5.41, 5.74) is 3.04.